The number of hydrogen-bond donors (Lipinski definition) is 0. The van der Waals surface area contributed by atoms with Crippen LogP contribution in [0.5, 0.6) is 0 Å². The average Bonchev–Trinajstić information content (AvgIpc) is 2.86. The minimum atomic E-state index is -4.35. The number of anilines is 1. The molecule has 0 atom stereocenters. The summed E-state index contributed by atoms with van der Waals surface area (Å²) in [5.74, 6) is 0.0676. The topological polar surface area (TPSA) is 38.0 Å². The molecule has 88 valence electrons. The lowest BCUT2D eigenvalue weighted by Crippen LogP contribution is -2.39. The van der Waals surface area contributed by atoms with Crippen LogP contribution in [0, 0.1) is 0 Å². The molecule has 0 saturated carbocycles. The fourth-order valence-electron chi connectivity index (χ4n) is 1.33. The number of hydrogen-bond acceptors (Lipinski definition) is 4. The van der Waals surface area contributed by atoms with E-state index in [9.17, 15) is 13.2 Å². The fraction of sp³-hybridized carbons (Fsp3) is 0.444. The zero-order valence-electron chi connectivity index (χ0n) is 8.20. The van der Waals surface area contributed by atoms with Crippen LogP contribution in [0.15, 0.2) is 27.8 Å². The fourth-order valence-corrected chi connectivity index (χ4v) is 1.33. The molecule has 0 saturated heterocycles. The Morgan fingerprint density at radius 2 is 2.25 bits per heavy atom. The van der Waals surface area contributed by atoms with E-state index in [1.807, 2.05) is 0 Å². The number of nitrogens with zero attached hydrogens (tertiary/aromatic N) is 2. The highest BCUT2D eigenvalue weighted by atomic mass is 19.4. The molecule has 0 spiro atoms. The molecule has 1 aromatic heterocycles. The Kier molecular flexibility index (Phi) is 2.76. The molecule has 0 N–H and O–H groups in total. The first kappa shape index (κ1) is 10.8. The number of alkyl halides is 3. The lowest BCUT2D eigenvalue weighted by Gasteiger charge is -2.21. The van der Waals surface area contributed by atoms with Crippen molar-refractivity contribution < 1.29 is 22.3 Å². The van der Waals surface area contributed by atoms with Crippen LogP contribution in [0.25, 0.3) is 0 Å². The Morgan fingerprint density at radius 3 is 2.75 bits per heavy atom. The second-order valence-corrected chi connectivity index (χ2v) is 3.17. The summed E-state index contributed by atoms with van der Waals surface area (Å²) in [7, 11) is 0. The third kappa shape index (κ3) is 2.47. The van der Waals surface area contributed by atoms with Crippen LogP contribution in [0.4, 0.5) is 19.1 Å². The molecule has 2 rings (SSSR count). The number of halogens is 3. The Bertz CT molecular complexity index is 373. The van der Waals surface area contributed by atoms with Crippen LogP contribution in [0.3, 0.4) is 0 Å². The van der Waals surface area contributed by atoms with E-state index in [2.05, 4.69) is 4.99 Å². The van der Waals surface area contributed by atoms with Crippen molar-refractivity contribution in [1.29, 1.82) is 0 Å². The summed E-state index contributed by atoms with van der Waals surface area (Å²) in [6.45, 7) is -0.520. The molecule has 1 aliphatic rings. The third-order valence-corrected chi connectivity index (χ3v) is 1.91. The molecule has 0 fully saturated rings. The lowest BCUT2D eigenvalue weighted by molar-refractivity contribution is -0.118. The van der Waals surface area contributed by atoms with Gasteiger partial charge >= 0.3 is 6.18 Å². The maximum atomic E-state index is 12.4. The van der Waals surface area contributed by atoms with Gasteiger partial charge in [0, 0.05) is 6.07 Å². The van der Waals surface area contributed by atoms with Crippen molar-refractivity contribution >= 4 is 11.9 Å². The molecule has 2 heterocycles. The minimum absolute atomic E-state index is 0.0488. The Morgan fingerprint density at radius 1 is 1.44 bits per heavy atom. The van der Waals surface area contributed by atoms with Gasteiger partial charge in [-0.1, -0.05) is 0 Å². The van der Waals surface area contributed by atoms with E-state index in [-0.39, 0.29) is 11.9 Å². The molecule has 0 aliphatic carbocycles. The number of furan rings is 1. The van der Waals surface area contributed by atoms with Gasteiger partial charge in [0.2, 0.25) is 5.88 Å². The zero-order chi connectivity index (χ0) is 11.6. The van der Waals surface area contributed by atoms with E-state index >= 15 is 0 Å². The summed E-state index contributed by atoms with van der Waals surface area (Å²) in [4.78, 5) is 4.70. The van der Waals surface area contributed by atoms with E-state index in [4.69, 9.17) is 9.15 Å². The van der Waals surface area contributed by atoms with Gasteiger partial charge in [0.05, 0.1) is 12.8 Å². The minimum Gasteiger partial charge on any atom is -0.463 e. The summed E-state index contributed by atoms with van der Waals surface area (Å²) in [6.07, 6.45) is -3.05. The second kappa shape index (κ2) is 4.07. The molecule has 0 amide bonds. The van der Waals surface area contributed by atoms with Gasteiger partial charge in [0.25, 0.3) is 6.02 Å². The van der Waals surface area contributed by atoms with E-state index in [1.54, 1.807) is 0 Å². The first-order chi connectivity index (χ1) is 7.56. The maximum Gasteiger partial charge on any atom is 0.406 e. The lowest BCUT2D eigenvalue weighted by atomic mass is 10.5. The van der Waals surface area contributed by atoms with Gasteiger partial charge in [-0.2, -0.15) is 13.2 Å². The van der Waals surface area contributed by atoms with E-state index in [0.717, 1.165) is 4.90 Å². The normalized spacial score (nSPS) is 15.8. The van der Waals surface area contributed by atoms with Crippen LogP contribution < -0.4 is 4.90 Å². The highest BCUT2D eigenvalue weighted by molar-refractivity contribution is 5.91. The van der Waals surface area contributed by atoms with Crippen LogP contribution in [-0.2, 0) is 4.74 Å². The molecule has 16 heavy (non-hydrogen) atoms. The van der Waals surface area contributed by atoms with E-state index < -0.39 is 12.7 Å². The highest BCUT2D eigenvalue weighted by Crippen LogP contribution is 2.24. The van der Waals surface area contributed by atoms with Crippen LogP contribution in [-0.4, -0.2) is 31.9 Å². The predicted octanol–water partition coefficient (Wildman–Crippen LogP) is 2.03. The van der Waals surface area contributed by atoms with Crippen LogP contribution in [0.2, 0.25) is 0 Å². The van der Waals surface area contributed by atoms with Crippen LogP contribution >= 0.6 is 0 Å². The molecule has 0 aromatic carbocycles. The van der Waals surface area contributed by atoms with Gasteiger partial charge in [0.1, 0.15) is 13.2 Å². The van der Waals surface area contributed by atoms with Crippen molar-refractivity contribution in [3.05, 3.63) is 18.4 Å². The molecule has 0 radical (unpaired) electrons. The SMILES string of the molecule is FC(F)(F)CN(C1=NCCO1)c1ccco1. The Hall–Kier alpha value is -1.66. The first-order valence-corrected chi connectivity index (χ1v) is 4.61. The number of rotatable bonds is 2. The van der Waals surface area contributed by atoms with Crippen molar-refractivity contribution in [2.45, 2.75) is 6.18 Å². The average molecular weight is 234 g/mol. The molecule has 4 nitrogen and oxygen atoms in total. The van der Waals surface area contributed by atoms with Gasteiger partial charge in [0.15, 0.2) is 0 Å². The highest BCUT2D eigenvalue weighted by Gasteiger charge is 2.35. The third-order valence-electron chi connectivity index (χ3n) is 1.91. The molecule has 1 aromatic rings. The summed E-state index contributed by atoms with van der Waals surface area (Å²) in [5.41, 5.74) is 0. The largest absolute Gasteiger partial charge is 0.463 e. The summed E-state index contributed by atoms with van der Waals surface area (Å²) in [6, 6.07) is 2.89. The number of aliphatic imine (C=N–C) groups is 1. The molecule has 1 aliphatic heterocycles. The van der Waals surface area contributed by atoms with Gasteiger partial charge in [-0.25, -0.2) is 4.99 Å². The van der Waals surface area contributed by atoms with Crippen molar-refractivity contribution in [2.24, 2.45) is 4.99 Å². The van der Waals surface area contributed by atoms with Gasteiger partial charge < -0.3 is 9.15 Å². The summed E-state index contributed by atoms with van der Waals surface area (Å²) in [5, 5.41) is 0. The van der Waals surface area contributed by atoms with E-state index in [1.165, 1.54) is 18.4 Å². The van der Waals surface area contributed by atoms with Crippen molar-refractivity contribution in [3.63, 3.8) is 0 Å². The van der Waals surface area contributed by atoms with Gasteiger partial charge in [-0.3, -0.25) is 4.90 Å². The molecule has 0 unspecified atom stereocenters. The van der Waals surface area contributed by atoms with Gasteiger partial charge in [-0.15, -0.1) is 0 Å². The second-order valence-electron chi connectivity index (χ2n) is 3.17. The number of amidine groups is 1. The van der Waals surface area contributed by atoms with E-state index in [0.29, 0.717) is 13.2 Å². The van der Waals surface area contributed by atoms with Crippen LogP contribution in [0.1, 0.15) is 0 Å². The van der Waals surface area contributed by atoms with Gasteiger partial charge in [-0.05, 0) is 6.07 Å². The first-order valence-electron chi connectivity index (χ1n) is 4.61. The monoisotopic (exact) mass is 234 g/mol. The Labute approximate surface area is 89.3 Å². The predicted molar refractivity (Wildman–Crippen MR) is 50.4 cm³/mol. The molecule has 7 heteroatoms. The van der Waals surface area contributed by atoms with Crippen molar-refractivity contribution in [1.82, 2.24) is 0 Å². The standard InChI is InChI=1S/C9H9F3N2O2/c10-9(11,12)6-14(7-2-1-4-15-7)8-13-3-5-16-8/h1-2,4H,3,5-6H2. The summed E-state index contributed by atoms with van der Waals surface area (Å²) < 4.78 is 47.0. The maximum absolute atomic E-state index is 12.4. The zero-order valence-corrected chi connectivity index (χ0v) is 8.20. The quantitative estimate of drug-likeness (QED) is 0.785. The van der Waals surface area contributed by atoms with Crippen molar-refractivity contribution in [2.75, 3.05) is 24.6 Å². The summed E-state index contributed by atoms with van der Waals surface area (Å²) >= 11 is 0. The number of ether oxygens (including phenoxy) is 1. The van der Waals surface area contributed by atoms with Crippen molar-refractivity contribution in [3.8, 4) is 0 Å². The molecular formula is C9H9F3N2O2. The molecule has 0 bridgehead atoms. The Balaban J connectivity index is 2.20. The molecular weight excluding hydrogens is 225 g/mol. The smallest absolute Gasteiger partial charge is 0.406 e.